The second kappa shape index (κ2) is 8.48. The minimum Gasteiger partial charge on any atom is -0.493 e. The Morgan fingerprint density at radius 2 is 1.97 bits per heavy atom. The first-order valence-corrected chi connectivity index (χ1v) is 10.4. The summed E-state index contributed by atoms with van der Waals surface area (Å²) in [7, 11) is 0. The van der Waals surface area contributed by atoms with Crippen molar-refractivity contribution in [2.45, 2.75) is 52.1 Å². The van der Waals surface area contributed by atoms with Gasteiger partial charge >= 0.3 is 5.69 Å². The van der Waals surface area contributed by atoms with Crippen molar-refractivity contribution in [2.75, 3.05) is 6.61 Å². The molecule has 0 radical (unpaired) electrons. The fraction of sp³-hybridized carbons (Fsp3) is 0.455. The molecule has 172 valence electrons. The van der Waals surface area contributed by atoms with E-state index in [4.69, 9.17) is 4.74 Å². The van der Waals surface area contributed by atoms with Gasteiger partial charge in [0.25, 0.3) is 6.43 Å². The van der Waals surface area contributed by atoms with Gasteiger partial charge in [0, 0.05) is 60.6 Å². The standard InChI is InChI=1S/C22H24F4N4O2/c1-3-29-12-16(9-27-29)11-28-10-14(2)30(21(28)31)18-4-17(20(23)24)5-19(6-18)32-13-15-7-22(25,26)8-15/h4-6,9-10,12,15,20H,3,7-8,11,13H2,1-2H3. The van der Waals surface area contributed by atoms with Crippen molar-refractivity contribution in [3.8, 4) is 11.4 Å². The number of aryl methyl sites for hydroxylation is 2. The second-order valence-corrected chi connectivity index (χ2v) is 8.22. The second-order valence-electron chi connectivity index (χ2n) is 8.22. The topological polar surface area (TPSA) is 54.0 Å². The van der Waals surface area contributed by atoms with Gasteiger partial charge in [-0.2, -0.15) is 5.10 Å². The lowest BCUT2D eigenvalue weighted by Crippen LogP contribution is -2.38. The molecule has 0 saturated heterocycles. The number of nitrogens with zero attached hydrogens (tertiary/aromatic N) is 4. The molecule has 10 heteroatoms. The Morgan fingerprint density at radius 3 is 2.59 bits per heavy atom. The Balaban J connectivity index is 1.61. The highest BCUT2D eigenvalue weighted by Crippen LogP contribution is 2.42. The monoisotopic (exact) mass is 452 g/mol. The quantitative estimate of drug-likeness (QED) is 0.471. The fourth-order valence-electron chi connectivity index (χ4n) is 3.96. The van der Waals surface area contributed by atoms with Crippen LogP contribution in [0.1, 0.15) is 43.0 Å². The maximum atomic E-state index is 13.5. The third-order valence-electron chi connectivity index (χ3n) is 5.58. The molecule has 2 heterocycles. The van der Waals surface area contributed by atoms with Crippen molar-refractivity contribution < 1.29 is 22.3 Å². The average Bonchev–Trinajstić information content (AvgIpc) is 3.28. The van der Waals surface area contributed by atoms with E-state index in [1.54, 1.807) is 24.0 Å². The highest BCUT2D eigenvalue weighted by atomic mass is 19.3. The Hall–Kier alpha value is -3.04. The summed E-state index contributed by atoms with van der Waals surface area (Å²) in [4.78, 5) is 13.0. The van der Waals surface area contributed by atoms with Crippen molar-refractivity contribution >= 4 is 0 Å². The smallest absolute Gasteiger partial charge is 0.333 e. The van der Waals surface area contributed by atoms with Gasteiger partial charge in [0.1, 0.15) is 5.75 Å². The van der Waals surface area contributed by atoms with Crippen molar-refractivity contribution in [3.63, 3.8) is 0 Å². The Labute approximate surface area is 182 Å². The largest absolute Gasteiger partial charge is 0.493 e. The van der Waals surface area contributed by atoms with Crippen LogP contribution in [0.25, 0.3) is 5.69 Å². The molecule has 0 spiro atoms. The Bertz CT molecular complexity index is 1160. The lowest BCUT2D eigenvalue weighted by atomic mass is 9.82. The summed E-state index contributed by atoms with van der Waals surface area (Å²) in [6.07, 6.45) is 1.85. The molecule has 1 aromatic carbocycles. The highest BCUT2D eigenvalue weighted by Gasteiger charge is 2.45. The van der Waals surface area contributed by atoms with E-state index in [2.05, 4.69) is 5.10 Å². The van der Waals surface area contributed by atoms with Gasteiger partial charge < -0.3 is 4.74 Å². The SMILES string of the molecule is CCn1cc(Cn2cc(C)n(-c3cc(OCC4CC(F)(F)C4)cc(C(F)F)c3)c2=O)cn1. The summed E-state index contributed by atoms with van der Waals surface area (Å²) in [6, 6.07) is 3.90. The molecule has 0 atom stereocenters. The third-order valence-corrected chi connectivity index (χ3v) is 5.58. The molecular formula is C22H24F4N4O2. The normalized spacial score (nSPS) is 15.8. The van der Waals surface area contributed by atoms with Crippen LogP contribution in [-0.2, 0) is 13.1 Å². The van der Waals surface area contributed by atoms with Crippen molar-refractivity contribution in [3.05, 3.63) is 64.1 Å². The fourth-order valence-corrected chi connectivity index (χ4v) is 3.96. The van der Waals surface area contributed by atoms with Gasteiger partial charge in [-0.25, -0.2) is 22.4 Å². The summed E-state index contributed by atoms with van der Waals surface area (Å²) in [5, 5.41) is 4.19. The average molecular weight is 452 g/mol. The molecule has 32 heavy (non-hydrogen) atoms. The third kappa shape index (κ3) is 4.58. The van der Waals surface area contributed by atoms with Crippen LogP contribution in [0.2, 0.25) is 0 Å². The Kier molecular flexibility index (Phi) is 5.87. The number of alkyl halides is 4. The first-order chi connectivity index (χ1) is 15.1. The molecule has 0 N–H and O–H groups in total. The van der Waals surface area contributed by atoms with Gasteiger partial charge in [-0.05, 0) is 26.0 Å². The summed E-state index contributed by atoms with van der Waals surface area (Å²) >= 11 is 0. The van der Waals surface area contributed by atoms with E-state index in [0.717, 1.165) is 5.56 Å². The predicted molar refractivity (Wildman–Crippen MR) is 110 cm³/mol. The molecule has 4 rings (SSSR count). The Morgan fingerprint density at radius 1 is 1.22 bits per heavy atom. The van der Waals surface area contributed by atoms with Crippen LogP contribution in [0.15, 0.2) is 41.6 Å². The first-order valence-electron chi connectivity index (χ1n) is 10.4. The van der Waals surface area contributed by atoms with Crippen LogP contribution in [0.4, 0.5) is 17.6 Å². The van der Waals surface area contributed by atoms with Crippen molar-refractivity contribution in [2.24, 2.45) is 5.92 Å². The molecule has 6 nitrogen and oxygen atoms in total. The van der Waals surface area contributed by atoms with E-state index in [0.29, 0.717) is 18.8 Å². The van der Waals surface area contributed by atoms with E-state index in [1.807, 2.05) is 13.1 Å². The van der Waals surface area contributed by atoms with Crippen LogP contribution in [0, 0.1) is 12.8 Å². The molecule has 3 aromatic rings. The number of halogens is 4. The molecule has 2 aromatic heterocycles. The van der Waals surface area contributed by atoms with E-state index >= 15 is 0 Å². The number of rotatable bonds is 8. The number of imidazole rings is 1. The number of ether oxygens (including phenoxy) is 1. The zero-order valence-corrected chi connectivity index (χ0v) is 17.8. The van der Waals surface area contributed by atoms with E-state index in [-0.39, 0.29) is 48.1 Å². The van der Waals surface area contributed by atoms with Gasteiger partial charge in [-0.3, -0.25) is 13.8 Å². The first kappa shape index (κ1) is 22.2. The summed E-state index contributed by atoms with van der Waals surface area (Å²) in [6.45, 7) is 4.67. The van der Waals surface area contributed by atoms with Crippen LogP contribution in [0.5, 0.6) is 5.75 Å². The molecule has 1 aliphatic carbocycles. The predicted octanol–water partition coefficient (Wildman–Crippen LogP) is 4.57. The van der Waals surface area contributed by atoms with Gasteiger partial charge in [0.15, 0.2) is 0 Å². The van der Waals surface area contributed by atoms with Crippen LogP contribution in [-0.4, -0.2) is 31.4 Å². The summed E-state index contributed by atoms with van der Waals surface area (Å²) in [5.41, 5.74) is 0.951. The van der Waals surface area contributed by atoms with E-state index in [1.165, 1.54) is 27.3 Å². The molecule has 0 amide bonds. The summed E-state index contributed by atoms with van der Waals surface area (Å²) in [5.74, 6) is -2.88. The van der Waals surface area contributed by atoms with E-state index < -0.39 is 12.3 Å². The molecule has 1 fully saturated rings. The molecule has 1 saturated carbocycles. The zero-order valence-electron chi connectivity index (χ0n) is 17.8. The maximum absolute atomic E-state index is 13.5. The van der Waals surface area contributed by atoms with Crippen LogP contribution in [0.3, 0.4) is 0 Å². The molecule has 0 unspecified atom stereocenters. The van der Waals surface area contributed by atoms with Gasteiger partial charge in [-0.15, -0.1) is 0 Å². The van der Waals surface area contributed by atoms with Gasteiger partial charge in [0.2, 0.25) is 5.92 Å². The molecule has 0 aliphatic heterocycles. The minimum absolute atomic E-state index is 0.0119. The maximum Gasteiger partial charge on any atom is 0.333 e. The molecule has 1 aliphatic rings. The van der Waals surface area contributed by atoms with Crippen molar-refractivity contribution in [1.82, 2.24) is 18.9 Å². The van der Waals surface area contributed by atoms with Crippen LogP contribution < -0.4 is 10.4 Å². The van der Waals surface area contributed by atoms with Crippen molar-refractivity contribution in [1.29, 1.82) is 0 Å². The minimum atomic E-state index is -2.77. The molecule has 0 bridgehead atoms. The highest BCUT2D eigenvalue weighted by molar-refractivity contribution is 5.45. The molecular weight excluding hydrogens is 428 g/mol. The van der Waals surface area contributed by atoms with Gasteiger partial charge in [0.05, 0.1) is 25.0 Å². The number of hydrogen-bond acceptors (Lipinski definition) is 3. The lowest BCUT2D eigenvalue weighted by Gasteiger charge is -2.34. The summed E-state index contributed by atoms with van der Waals surface area (Å²) < 4.78 is 63.2. The lowest BCUT2D eigenvalue weighted by molar-refractivity contribution is -0.119. The zero-order chi connectivity index (χ0) is 23.0. The number of hydrogen-bond donors (Lipinski definition) is 0. The van der Waals surface area contributed by atoms with Crippen LogP contribution >= 0.6 is 0 Å². The number of aromatic nitrogens is 4. The van der Waals surface area contributed by atoms with Gasteiger partial charge in [-0.1, -0.05) is 0 Å². The number of benzene rings is 1. The van der Waals surface area contributed by atoms with E-state index in [9.17, 15) is 22.4 Å².